The average molecular weight is 344 g/mol. The first-order valence-electron chi connectivity index (χ1n) is 5.91. The first kappa shape index (κ1) is 14.5. The van der Waals surface area contributed by atoms with Gasteiger partial charge in [0.25, 0.3) is 0 Å². The molecule has 2 aromatic carbocycles. The van der Waals surface area contributed by atoms with Crippen LogP contribution in [0.1, 0.15) is 17.0 Å². The Kier molecular flexibility index (Phi) is 4.97. The van der Waals surface area contributed by atoms with E-state index in [1.165, 1.54) is 6.07 Å². The van der Waals surface area contributed by atoms with Crippen molar-refractivity contribution in [3.05, 3.63) is 68.9 Å². The van der Waals surface area contributed by atoms with Crippen molar-refractivity contribution >= 4 is 27.5 Å². The molecule has 100 valence electrons. The Morgan fingerprint density at radius 2 is 1.89 bits per heavy atom. The molecule has 0 aliphatic carbocycles. The summed E-state index contributed by atoms with van der Waals surface area (Å²) in [4.78, 5) is 0. The second-order valence-corrected chi connectivity index (χ2v) is 5.52. The molecule has 0 aromatic heterocycles. The fourth-order valence-corrected chi connectivity index (χ4v) is 2.77. The van der Waals surface area contributed by atoms with E-state index in [1.54, 1.807) is 12.1 Å². The lowest BCUT2D eigenvalue weighted by molar-refractivity contribution is 0.264. The number of halogens is 3. The highest BCUT2D eigenvalue weighted by molar-refractivity contribution is 9.10. The summed E-state index contributed by atoms with van der Waals surface area (Å²) in [6, 6.07) is 12.3. The van der Waals surface area contributed by atoms with Crippen molar-refractivity contribution in [3.63, 3.8) is 0 Å². The van der Waals surface area contributed by atoms with Crippen LogP contribution in [0.15, 0.2) is 46.9 Å². The first-order chi connectivity index (χ1) is 9.13. The second-order valence-electron chi connectivity index (χ2n) is 4.32. The van der Waals surface area contributed by atoms with Gasteiger partial charge in [-0.25, -0.2) is 4.39 Å². The van der Waals surface area contributed by atoms with Gasteiger partial charge in [-0.2, -0.15) is 0 Å². The molecule has 0 aliphatic heterocycles. The van der Waals surface area contributed by atoms with Gasteiger partial charge in [-0.3, -0.25) is 0 Å². The molecule has 0 radical (unpaired) electrons. The number of benzene rings is 2. The fraction of sp³-hybridized carbons (Fsp3) is 0.200. The Bertz CT molecular complexity index is 574. The van der Waals surface area contributed by atoms with Crippen LogP contribution in [0.3, 0.4) is 0 Å². The Morgan fingerprint density at radius 1 is 1.16 bits per heavy atom. The molecule has 0 spiro atoms. The van der Waals surface area contributed by atoms with Crippen molar-refractivity contribution in [2.75, 3.05) is 6.61 Å². The number of aliphatic hydroxyl groups excluding tert-OH is 1. The maximum atomic E-state index is 13.5. The van der Waals surface area contributed by atoms with Crippen molar-refractivity contribution in [2.45, 2.75) is 12.3 Å². The summed E-state index contributed by atoms with van der Waals surface area (Å²) in [5.41, 5.74) is 1.70. The Labute approximate surface area is 125 Å². The predicted molar refractivity (Wildman–Crippen MR) is 79.1 cm³/mol. The zero-order valence-corrected chi connectivity index (χ0v) is 12.5. The van der Waals surface area contributed by atoms with Crippen LogP contribution >= 0.6 is 27.5 Å². The molecule has 2 rings (SSSR count). The van der Waals surface area contributed by atoms with E-state index in [0.29, 0.717) is 15.9 Å². The normalized spacial score (nSPS) is 12.4. The van der Waals surface area contributed by atoms with Gasteiger partial charge in [0.05, 0.1) is 11.1 Å². The van der Waals surface area contributed by atoms with Crippen LogP contribution in [0, 0.1) is 5.82 Å². The van der Waals surface area contributed by atoms with Gasteiger partial charge < -0.3 is 5.11 Å². The maximum Gasteiger partial charge on any atom is 0.137 e. The lowest BCUT2D eigenvalue weighted by Crippen LogP contribution is -2.09. The molecule has 0 fully saturated rings. The van der Waals surface area contributed by atoms with Gasteiger partial charge in [0.1, 0.15) is 5.82 Å². The summed E-state index contributed by atoms with van der Waals surface area (Å²) in [5.74, 6) is -0.444. The van der Waals surface area contributed by atoms with Crippen LogP contribution in [-0.2, 0) is 6.42 Å². The SMILES string of the molecule is OCC(Cc1cccc(F)c1Br)c1ccccc1Cl. The third kappa shape index (κ3) is 3.35. The van der Waals surface area contributed by atoms with E-state index in [2.05, 4.69) is 15.9 Å². The largest absolute Gasteiger partial charge is 0.396 e. The number of hydrogen-bond donors (Lipinski definition) is 1. The third-order valence-electron chi connectivity index (χ3n) is 3.06. The maximum absolute atomic E-state index is 13.5. The van der Waals surface area contributed by atoms with Gasteiger partial charge in [-0.05, 0) is 45.6 Å². The Hall–Kier alpha value is -0.900. The summed E-state index contributed by atoms with van der Waals surface area (Å²) in [6.07, 6.45) is 0.526. The van der Waals surface area contributed by atoms with E-state index in [0.717, 1.165) is 11.1 Å². The lowest BCUT2D eigenvalue weighted by Gasteiger charge is -2.17. The van der Waals surface area contributed by atoms with Crippen molar-refractivity contribution < 1.29 is 9.50 Å². The summed E-state index contributed by atoms with van der Waals surface area (Å²) in [7, 11) is 0. The molecule has 1 N–H and O–H groups in total. The van der Waals surface area contributed by atoms with Gasteiger partial charge in [0.2, 0.25) is 0 Å². The average Bonchev–Trinajstić information content (AvgIpc) is 2.41. The molecule has 1 unspecified atom stereocenters. The predicted octanol–water partition coefficient (Wildman–Crippen LogP) is 4.56. The minimum absolute atomic E-state index is 0.0350. The minimum Gasteiger partial charge on any atom is -0.396 e. The molecule has 19 heavy (non-hydrogen) atoms. The van der Waals surface area contributed by atoms with Crippen LogP contribution in [0.4, 0.5) is 4.39 Å². The van der Waals surface area contributed by atoms with Crippen molar-refractivity contribution in [2.24, 2.45) is 0 Å². The summed E-state index contributed by atoms with van der Waals surface area (Å²) >= 11 is 9.38. The standard InChI is InChI=1S/C15H13BrClFO/c16-15-10(4-3-7-14(15)18)8-11(9-19)12-5-1-2-6-13(12)17/h1-7,11,19H,8-9H2. The number of rotatable bonds is 4. The topological polar surface area (TPSA) is 20.2 Å². The van der Waals surface area contributed by atoms with E-state index in [1.807, 2.05) is 24.3 Å². The molecule has 1 atom stereocenters. The van der Waals surface area contributed by atoms with E-state index < -0.39 is 0 Å². The van der Waals surface area contributed by atoms with Gasteiger partial charge in [0.15, 0.2) is 0 Å². The monoisotopic (exact) mass is 342 g/mol. The summed E-state index contributed by atoms with van der Waals surface area (Å²) in [5, 5.41) is 10.2. The van der Waals surface area contributed by atoms with Gasteiger partial charge in [-0.1, -0.05) is 41.9 Å². The second kappa shape index (κ2) is 6.51. The van der Waals surface area contributed by atoms with Gasteiger partial charge in [0, 0.05) is 10.9 Å². The highest BCUT2D eigenvalue weighted by Gasteiger charge is 2.16. The van der Waals surface area contributed by atoms with E-state index >= 15 is 0 Å². The first-order valence-corrected chi connectivity index (χ1v) is 7.08. The van der Waals surface area contributed by atoms with Gasteiger partial charge in [-0.15, -0.1) is 0 Å². The molecular formula is C15H13BrClFO. The van der Waals surface area contributed by atoms with Crippen LogP contribution in [0.25, 0.3) is 0 Å². The van der Waals surface area contributed by atoms with Crippen molar-refractivity contribution in [1.29, 1.82) is 0 Å². The van der Waals surface area contributed by atoms with Crippen LogP contribution in [0.2, 0.25) is 5.02 Å². The number of aliphatic hydroxyl groups is 1. The van der Waals surface area contributed by atoms with Crippen LogP contribution in [0.5, 0.6) is 0 Å². The fourth-order valence-electron chi connectivity index (χ4n) is 2.05. The molecule has 0 bridgehead atoms. The smallest absolute Gasteiger partial charge is 0.137 e. The molecule has 4 heteroatoms. The third-order valence-corrected chi connectivity index (χ3v) is 4.30. The van der Waals surface area contributed by atoms with Crippen molar-refractivity contribution in [1.82, 2.24) is 0 Å². The minimum atomic E-state index is -0.298. The quantitative estimate of drug-likeness (QED) is 0.863. The lowest BCUT2D eigenvalue weighted by atomic mass is 9.92. The Balaban J connectivity index is 2.30. The molecule has 2 aromatic rings. The molecule has 0 saturated carbocycles. The molecule has 0 saturated heterocycles. The van der Waals surface area contributed by atoms with E-state index in [-0.39, 0.29) is 18.3 Å². The van der Waals surface area contributed by atoms with E-state index in [9.17, 15) is 9.50 Å². The van der Waals surface area contributed by atoms with Crippen LogP contribution in [-0.4, -0.2) is 11.7 Å². The van der Waals surface area contributed by atoms with Crippen molar-refractivity contribution in [3.8, 4) is 0 Å². The molecular weight excluding hydrogens is 331 g/mol. The zero-order chi connectivity index (χ0) is 13.8. The summed E-state index contributed by atoms with van der Waals surface area (Å²) < 4.78 is 13.9. The molecule has 1 nitrogen and oxygen atoms in total. The Morgan fingerprint density at radius 3 is 2.58 bits per heavy atom. The molecule has 0 heterocycles. The highest BCUT2D eigenvalue weighted by atomic mass is 79.9. The highest BCUT2D eigenvalue weighted by Crippen LogP contribution is 2.30. The molecule has 0 aliphatic rings. The van der Waals surface area contributed by atoms with E-state index in [4.69, 9.17) is 11.6 Å². The zero-order valence-electron chi connectivity index (χ0n) is 10.1. The van der Waals surface area contributed by atoms with Gasteiger partial charge >= 0.3 is 0 Å². The number of hydrogen-bond acceptors (Lipinski definition) is 1. The molecule has 0 amide bonds. The summed E-state index contributed by atoms with van der Waals surface area (Å²) in [6.45, 7) is -0.0350. The van der Waals surface area contributed by atoms with Crippen LogP contribution < -0.4 is 0 Å².